The third-order valence-corrected chi connectivity index (χ3v) is 11.6. The molecule has 50 heavy (non-hydrogen) atoms. The van der Waals surface area contributed by atoms with E-state index >= 15 is 0 Å². The van der Waals surface area contributed by atoms with Gasteiger partial charge in [0.05, 0.1) is 35.4 Å². The molecular weight excluding hydrogens is 711 g/mol. The van der Waals surface area contributed by atoms with E-state index in [9.17, 15) is 38.9 Å². The third kappa shape index (κ3) is 10.1. The van der Waals surface area contributed by atoms with Crippen molar-refractivity contribution in [2.24, 2.45) is 0 Å². The van der Waals surface area contributed by atoms with Crippen molar-refractivity contribution in [3.8, 4) is 0 Å². The Bertz CT molecular complexity index is 1940. The van der Waals surface area contributed by atoms with E-state index in [1.54, 1.807) is 44.6 Å². The van der Waals surface area contributed by atoms with Gasteiger partial charge in [-0.2, -0.15) is 25.3 Å². The zero-order valence-corrected chi connectivity index (χ0v) is 31.4. The quantitative estimate of drug-likeness (QED) is 0.0998. The van der Waals surface area contributed by atoms with Crippen molar-refractivity contribution in [2.75, 3.05) is 57.8 Å². The average molecular weight is 758 g/mol. The molecular formula is C34H47NO12S3. The summed E-state index contributed by atoms with van der Waals surface area (Å²) in [7, 11) is -10.2. The molecule has 2 aromatic rings. The number of anilines is 1. The lowest BCUT2D eigenvalue weighted by atomic mass is 9.72. The molecule has 0 fully saturated rings. The molecule has 0 aliphatic carbocycles. The van der Waals surface area contributed by atoms with Gasteiger partial charge in [-0.3, -0.25) is 13.7 Å². The van der Waals surface area contributed by atoms with Crippen LogP contribution in [0, 0.1) is 6.92 Å². The van der Waals surface area contributed by atoms with Crippen molar-refractivity contribution in [2.45, 2.75) is 60.7 Å². The van der Waals surface area contributed by atoms with Gasteiger partial charge < -0.3 is 19.1 Å². The minimum atomic E-state index is -4.58. The monoisotopic (exact) mass is 757 g/mol. The smallest absolute Gasteiger partial charge is 0.294 e. The fourth-order valence-electron chi connectivity index (χ4n) is 6.27. The highest BCUT2D eigenvalue weighted by Gasteiger charge is 2.44. The van der Waals surface area contributed by atoms with Crippen LogP contribution in [-0.4, -0.2) is 91.9 Å². The molecule has 0 radical (unpaired) electrons. The molecule has 0 saturated carbocycles. The van der Waals surface area contributed by atoms with E-state index in [0.717, 1.165) is 5.56 Å². The molecule has 3 N–H and O–H groups in total. The molecule has 1 aliphatic rings. The molecule has 278 valence electrons. The molecule has 0 aromatic heterocycles. The highest BCUT2D eigenvalue weighted by molar-refractivity contribution is 7.86. The van der Waals surface area contributed by atoms with Crippen LogP contribution >= 0.6 is 0 Å². The summed E-state index contributed by atoms with van der Waals surface area (Å²) in [5.41, 5.74) is 1.99. The molecule has 0 saturated heterocycles. The van der Waals surface area contributed by atoms with Gasteiger partial charge in [-0.1, -0.05) is 31.7 Å². The Hall–Kier alpha value is -2.93. The van der Waals surface area contributed by atoms with Gasteiger partial charge in [-0.25, -0.2) is 0 Å². The van der Waals surface area contributed by atoms with Crippen LogP contribution in [0.5, 0.6) is 0 Å². The van der Waals surface area contributed by atoms with Gasteiger partial charge in [0.15, 0.2) is 0 Å². The summed E-state index contributed by atoms with van der Waals surface area (Å²) in [6.45, 7) is 11.5. The Morgan fingerprint density at radius 1 is 0.920 bits per heavy atom. The van der Waals surface area contributed by atoms with Crippen LogP contribution in [0.3, 0.4) is 0 Å². The maximum Gasteiger partial charge on any atom is 0.294 e. The average Bonchev–Trinajstić information content (AvgIpc) is 3.24. The van der Waals surface area contributed by atoms with Crippen LogP contribution in [-0.2, 0) is 55.4 Å². The van der Waals surface area contributed by atoms with Crippen LogP contribution in [0.2, 0.25) is 0 Å². The zero-order valence-electron chi connectivity index (χ0n) is 29.0. The first kappa shape index (κ1) is 41.5. The predicted octanol–water partition coefficient (Wildman–Crippen LogP) is 4.89. The lowest BCUT2D eigenvalue weighted by molar-refractivity contribution is 0.0744. The van der Waals surface area contributed by atoms with Crippen molar-refractivity contribution in [3.63, 3.8) is 0 Å². The maximum absolute atomic E-state index is 12.2. The predicted molar refractivity (Wildman–Crippen MR) is 191 cm³/mol. The number of aryl methyl sites for hydroxylation is 1. The van der Waals surface area contributed by atoms with Gasteiger partial charge in [0.1, 0.15) is 0 Å². The number of hydrogen-bond acceptors (Lipinski definition) is 10. The largest absolute Gasteiger partial charge is 0.385 e. The summed E-state index contributed by atoms with van der Waals surface area (Å²) in [5, 5.41) is 0. The van der Waals surface area contributed by atoms with Crippen LogP contribution in [0.4, 0.5) is 5.69 Å². The van der Waals surface area contributed by atoms with Crippen molar-refractivity contribution in [1.29, 1.82) is 0 Å². The summed E-state index contributed by atoms with van der Waals surface area (Å²) in [5.74, 6) is -0.518. The number of hydrogen-bond donors (Lipinski definition) is 3. The highest BCUT2D eigenvalue weighted by atomic mass is 32.2. The Labute approximate surface area is 295 Å². The molecule has 0 amide bonds. The SMILES string of the molecule is C=C(/C=C/C=C1/N(CCOCCOC)c2ccc(S(=O)(=O)O)cc2C1(C)CCCS(=O)(=O)O)C(C)(CCOC)c1cc(S(=O)(=O)O)ccc1C. The molecule has 0 spiro atoms. The normalized spacial score (nSPS) is 18.9. The fraction of sp³-hybridized carbons (Fsp3) is 0.471. The number of rotatable bonds is 19. The minimum absolute atomic E-state index is 0.0370. The molecule has 2 atom stereocenters. The number of allylic oxidation sites excluding steroid dienone is 5. The lowest BCUT2D eigenvalue weighted by Gasteiger charge is -2.33. The first-order chi connectivity index (χ1) is 23.2. The Morgan fingerprint density at radius 3 is 2.14 bits per heavy atom. The van der Waals surface area contributed by atoms with Gasteiger partial charge in [0, 0.05) is 49.6 Å². The molecule has 13 nitrogen and oxygen atoms in total. The number of nitrogens with zero attached hydrogens (tertiary/aromatic N) is 1. The van der Waals surface area contributed by atoms with E-state index < -0.39 is 46.9 Å². The summed E-state index contributed by atoms with van der Waals surface area (Å²) < 4.78 is 117. The standard InChI is InChI=1S/C34H47NO12S3/c1-25-11-12-27(49(39,40)41)23-29(25)33(3,16-18-45-5)26(2)9-7-10-32-34(4,15-8-22-48(36,37)38)30-24-28(50(42,43)44)13-14-31(30)35(32)17-19-47-21-20-46-6/h7,9-14,23-24H,2,8,15-22H2,1,3-6H3,(H,36,37,38)(H,39,40,41)(H,42,43,44)/b9-7+,32-10+. The molecule has 16 heteroatoms. The molecule has 1 aliphatic heterocycles. The van der Waals surface area contributed by atoms with E-state index in [1.807, 2.05) is 25.7 Å². The van der Waals surface area contributed by atoms with E-state index in [0.29, 0.717) is 60.9 Å². The summed E-state index contributed by atoms with van der Waals surface area (Å²) in [6, 6.07) is 8.60. The summed E-state index contributed by atoms with van der Waals surface area (Å²) in [4.78, 5) is 1.35. The fourth-order valence-corrected chi connectivity index (χ4v) is 7.80. The van der Waals surface area contributed by atoms with Crippen molar-refractivity contribution in [1.82, 2.24) is 0 Å². The number of methoxy groups -OCH3 is 2. The molecule has 2 unspecified atom stereocenters. The van der Waals surface area contributed by atoms with E-state index in [2.05, 4.69) is 6.58 Å². The van der Waals surface area contributed by atoms with E-state index in [1.165, 1.54) is 24.3 Å². The molecule has 3 rings (SSSR count). The second-order valence-electron chi connectivity index (χ2n) is 12.6. The third-order valence-electron chi connectivity index (χ3n) is 9.15. The van der Waals surface area contributed by atoms with Gasteiger partial charge in [-0.05, 0) is 91.8 Å². The number of ether oxygens (including phenoxy) is 3. The lowest BCUT2D eigenvalue weighted by Crippen LogP contribution is -2.31. The van der Waals surface area contributed by atoms with Crippen LogP contribution in [0.15, 0.2) is 82.3 Å². The van der Waals surface area contributed by atoms with Crippen LogP contribution < -0.4 is 4.90 Å². The first-order valence-electron chi connectivity index (χ1n) is 15.8. The minimum Gasteiger partial charge on any atom is -0.385 e. The van der Waals surface area contributed by atoms with Gasteiger partial charge in [-0.15, -0.1) is 0 Å². The zero-order chi connectivity index (χ0) is 37.5. The van der Waals surface area contributed by atoms with Crippen molar-refractivity contribution in [3.05, 3.63) is 89.2 Å². The number of benzene rings is 2. The molecule has 2 aromatic carbocycles. The Morgan fingerprint density at radius 2 is 1.54 bits per heavy atom. The molecule has 0 bridgehead atoms. The Kier molecular flexibility index (Phi) is 13.8. The van der Waals surface area contributed by atoms with Gasteiger partial charge in [0.2, 0.25) is 0 Å². The topological polar surface area (TPSA) is 194 Å². The van der Waals surface area contributed by atoms with Crippen LogP contribution in [0.1, 0.15) is 49.8 Å². The molecule has 1 heterocycles. The highest BCUT2D eigenvalue weighted by Crippen LogP contribution is 2.51. The van der Waals surface area contributed by atoms with Crippen molar-refractivity contribution < 1.29 is 53.1 Å². The maximum atomic E-state index is 12.2. The van der Waals surface area contributed by atoms with E-state index in [-0.39, 0.29) is 29.2 Å². The second-order valence-corrected chi connectivity index (χ2v) is 17.0. The van der Waals surface area contributed by atoms with Gasteiger partial charge >= 0.3 is 0 Å². The second kappa shape index (κ2) is 16.6. The van der Waals surface area contributed by atoms with Gasteiger partial charge in [0.25, 0.3) is 30.4 Å². The van der Waals surface area contributed by atoms with Crippen molar-refractivity contribution >= 4 is 36.0 Å². The number of fused-ring (bicyclic) bond motifs is 1. The first-order valence-corrected chi connectivity index (χ1v) is 20.2. The Balaban J connectivity index is 2.17. The summed E-state index contributed by atoms with van der Waals surface area (Å²) >= 11 is 0. The summed E-state index contributed by atoms with van der Waals surface area (Å²) in [6.07, 6.45) is 5.96. The van der Waals surface area contributed by atoms with Crippen LogP contribution in [0.25, 0.3) is 0 Å². The van der Waals surface area contributed by atoms with E-state index in [4.69, 9.17) is 14.2 Å².